The molecular formula is C7H7ClN2O3. The van der Waals surface area contributed by atoms with Crippen molar-refractivity contribution in [2.24, 2.45) is 0 Å². The third kappa shape index (κ3) is 2.29. The standard InChI is InChI=1S/C7H7ClN2O3/c1-12-4-3-5(13-2)10-7(9-4)6(8)11/h3H,1-2H3. The van der Waals surface area contributed by atoms with Crippen molar-refractivity contribution in [3.63, 3.8) is 0 Å². The molecule has 1 heterocycles. The van der Waals surface area contributed by atoms with E-state index in [1.807, 2.05) is 0 Å². The maximum absolute atomic E-state index is 10.7. The lowest BCUT2D eigenvalue weighted by molar-refractivity contribution is 0.107. The first kappa shape index (κ1) is 9.73. The molecule has 0 aliphatic rings. The van der Waals surface area contributed by atoms with Gasteiger partial charge in [-0.25, -0.2) is 0 Å². The second kappa shape index (κ2) is 4.04. The number of hydrogen-bond acceptors (Lipinski definition) is 5. The summed E-state index contributed by atoms with van der Waals surface area (Å²) in [5.74, 6) is 0.324. The zero-order chi connectivity index (χ0) is 9.84. The fourth-order valence-electron chi connectivity index (χ4n) is 0.701. The molecule has 1 aromatic heterocycles. The lowest BCUT2D eigenvalue weighted by atomic mass is 10.5. The van der Waals surface area contributed by atoms with Crippen molar-refractivity contribution in [2.45, 2.75) is 0 Å². The quantitative estimate of drug-likeness (QED) is 0.681. The van der Waals surface area contributed by atoms with E-state index >= 15 is 0 Å². The maximum atomic E-state index is 10.7. The Labute approximate surface area is 79.7 Å². The maximum Gasteiger partial charge on any atom is 0.290 e. The van der Waals surface area contributed by atoms with E-state index in [0.29, 0.717) is 0 Å². The van der Waals surface area contributed by atoms with Gasteiger partial charge in [0.15, 0.2) is 0 Å². The highest BCUT2D eigenvalue weighted by Crippen LogP contribution is 2.15. The number of aromatic nitrogens is 2. The molecule has 5 nitrogen and oxygen atoms in total. The summed E-state index contributed by atoms with van der Waals surface area (Å²) in [4.78, 5) is 18.1. The van der Waals surface area contributed by atoms with Crippen LogP contribution in [0, 0.1) is 0 Å². The van der Waals surface area contributed by atoms with Crippen molar-refractivity contribution >= 4 is 16.8 Å². The van der Waals surface area contributed by atoms with Gasteiger partial charge in [0.2, 0.25) is 17.6 Å². The minimum absolute atomic E-state index is 0.141. The van der Waals surface area contributed by atoms with E-state index in [1.165, 1.54) is 20.3 Å². The average Bonchev–Trinajstić information content (AvgIpc) is 2.16. The molecule has 0 aliphatic carbocycles. The van der Waals surface area contributed by atoms with Crippen molar-refractivity contribution in [3.05, 3.63) is 11.9 Å². The summed E-state index contributed by atoms with van der Waals surface area (Å²) in [6.07, 6.45) is 0. The Balaban J connectivity index is 3.14. The van der Waals surface area contributed by atoms with Crippen LogP contribution in [0.2, 0.25) is 0 Å². The van der Waals surface area contributed by atoms with Gasteiger partial charge in [0, 0.05) is 0 Å². The highest BCUT2D eigenvalue weighted by Gasteiger charge is 2.10. The van der Waals surface area contributed by atoms with E-state index in [2.05, 4.69) is 9.97 Å². The lowest BCUT2D eigenvalue weighted by Gasteiger charge is -2.02. The molecule has 0 amide bonds. The van der Waals surface area contributed by atoms with Gasteiger partial charge >= 0.3 is 0 Å². The van der Waals surface area contributed by atoms with Crippen LogP contribution >= 0.6 is 11.6 Å². The Morgan fingerprint density at radius 3 is 2.08 bits per heavy atom. The van der Waals surface area contributed by atoms with Crippen LogP contribution in [-0.2, 0) is 0 Å². The number of carbonyl (C=O) groups excluding carboxylic acids is 1. The molecule has 0 fully saturated rings. The molecule has 0 aliphatic heterocycles. The Hall–Kier alpha value is -1.36. The summed E-state index contributed by atoms with van der Waals surface area (Å²) in [6, 6.07) is 1.45. The van der Waals surface area contributed by atoms with Gasteiger partial charge in [-0.1, -0.05) is 0 Å². The van der Waals surface area contributed by atoms with Crippen LogP contribution < -0.4 is 9.47 Å². The van der Waals surface area contributed by atoms with Crippen LogP contribution in [0.5, 0.6) is 11.8 Å². The van der Waals surface area contributed by atoms with Gasteiger partial charge in [-0.3, -0.25) is 4.79 Å². The molecule has 0 atom stereocenters. The summed E-state index contributed by atoms with van der Waals surface area (Å²) >= 11 is 5.19. The molecule has 1 aromatic rings. The molecule has 6 heteroatoms. The predicted molar refractivity (Wildman–Crippen MR) is 45.3 cm³/mol. The highest BCUT2D eigenvalue weighted by atomic mass is 35.5. The van der Waals surface area contributed by atoms with Gasteiger partial charge < -0.3 is 9.47 Å². The zero-order valence-corrected chi connectivity index (χ0v) is 7.83. The summed E-state index contributed by atoms with van der Waals surface area (Å²) in [6.45, 7) is 0. The summed E-state index contributed by atoms with van der Waals surface area (Å²) in [5.41, 5.74) is 0. The third-order valence-corrected chi connectivity index (χ3v) is 1.44. The van der Waals surface area contributed by atoms with Gasteiger partial charge in [-0.05, 0) is 11.6 Å². The van der Waals surface area contributed by atoms with E-state index in [1.54, 1.807) is 0 Å². The predicted octanol–water partition coefficient (Wildman–Crippen LogP) is 0.873. The largest absolute Gasteiger partial charge is 0.481 e. The van der Waals surface area contributed by atoms with Crippen molar-refractivity contribution in [1.29, 1.82) is 0 Å². The first-order valence-corrected chi connectivity index (χ1v) is 3.72. The van der Waals surface area contributed by atoms with Gasteiger partial charge in [-0.15, -0.1) is 0 Å². The molecule has 1 rings (SSSR count). The molecule has 0 N–H and O–H groups in total. The number of methoxy groups -OCH3 is 2. The first-order valence-electron chi connectivity index (χ1n) is 3.34. The van der Waals surface area contributed by atoms with E-state index in [-0.39, 0.29) is 17.6 Å². The van der Waals surface area contributed by atoms with Gasteiger partial charge in [0.25, 0.3) is 5.24 Å². The van der Waals surface area contributed by atoms with Crippen LogP contribution in [0.25, 0.3) is 0 Å². The summed E-state index contributed by atoms with van der Waals surface area (Å²) < 4.78 is 9.61. The molecule has 0 saturated carbocycles. The summed E-state index contributed by atoms with van der Waals surface area (Å²) in [7, 11) is 2.84. The van der Waals surface area contributed by atoms with E-state index in [9.17, 15) is 4.79 Å². The molecule has 0 unspecified atom stereocenters. The van der Waals surface area contributed by atoms with E-state index in [4.69, 9.17) is 21.1 Å². The van der Waals surface area contributed by atoms with Gasteiger partial charge in [0.05, 0.1) is 20.3 Å². The lowest BCUT2D eigenvalue weighted by Crippen LogP contribution is -2.02. The van der Waals surface area contributed by atoms with Crippen LogP contribution in [0.1, 0.15) is 10.6 Å². The number of ether oxygens (including phenoxy) is 2. The van der Waals surface area contributed by atoms with E-state index in [0.717, 1.165) is 0 Å². The molecule has 0 radical (unpaired) electrons. The number of carbonyl (C=O) groups is 1. The highest BCUT2D eigenvalue weighted by molar-refractivity contribution is 6.67. The minimum Gasteiger partial charge on any atom is -0.481 e. The van der Waals surface area contributed by atoms with Gasteiger partial charge in [0.1, 0.15) is 0 Å². The molecule has 70 valence electrons. The van der Waals surface area contributed by atoms with Crippen molar-refractivity contribution in [2.75, 3.05) is 14.2 Å². The smallest absolute Gasteiger partial charge is 0.290 e. The molecular weight excluding hydrogens is 196 g/mol. The summed E-state index contributed by atoms with van der Waals surface area (Å²) in [5, 5.41) is -0.753. The Morgan fingerprint density at radius 2 is 1.77 bits per heavy atom. The molecule has 0 bridgehead atoms. The van der Waals surface area contributed by atoms with Gasteiger partial charge in [-0.2, -0.15) is 9.97 Å². The van der Waals surface area contributed by atoms with Crippen LogP contribution in [0.15, 0.2) is 6.07 Å². The monoisotopic (exact) mass is 202 g/mol. The zero-order valence-electron chi connectivity index (χ0n) is 7.07. The Morgan fingerprint density at radius 1 is 1.31 bits per heavy atom. The second-order valence-electron chi connectivity index (χ2n) is 2.05. The molecule has 0 saturated heterocycles. The first-order chi connectivity index (χ1) is 6.17. The number of hydrogen-bond donors (Lipinski definition) is 0. The molecule has 0 aromatic carbocycles. The number of nitrogens with zero attached hydrogens (tertiary/aromatic N) is 2. The topological polar surface area (TPSA) is 61.3 Å². The molecule has 0 spiro atoms. The molecule has 13 heavy (non-hydrogen) atoms. The Kier molecular flexibility index (Phi) is 3.02. The van der Waals surface area contributed by atoms with Crippen molar-refractivity contribution in [3.8, 4) is 11.8 Å². The third-order valence-electron chi connectivity index (χ3n) is 1.27. The average molecular weight is 203 g/mol. The van der Waals surface area contributed by atoms with Crippen molar-refractivity contribution in [1.82, 2.24) is 9.97 Å². The second-order valence-corrected chi connectivity index (χ2v) is 2.39. The SMILES string of the molecule is COc1cc(OC)nc(C(=O)Cl)n1. The van der Waals surface area contributed by atoms with Crippen LogP contribution in [0.4, 0.5) is 0 Å². The van der Waals surface area contributed by atoms with Crippen LogP contribution in [-0.4, -0.2) is 29.4 Å². The Bertz CT molecular complexity index is 307. The minimum atomic E-state index is -0.753. The van der Waals surface area contributed by atoms with E-state index < -0.39 is 5.24 Å². The fraction of sp³-hybridized carbons (Fsp3) is 0.286. The number of rotatable bonds is 3. The normalized spacial score (nSPS) is 9.46. The van der Waals surface area contributed by atoms with Crippen LogP contribution in [0.3, 0.4) is 0 Å². The number of halogens is 1. The van der Waals surface area contributed by atoms with Crippen molar-refractivity contribution < 1.29 is 14.3 Å². The fourth-order valence-corrected chi connectivity index (χ4v) is 0.785.